The Labute approximate surface area is 117 Å². The molecule has 0 fully saturated rings. The first-order valence-corrected chi connectivity index (χ1v) is 6.22. The molecular formula is C15H14ClNO2. The van der Waals surface area contributed by atoms with Gasteiger partial charge in [-0.05, 0) is 42.3 Å². The summed E-state index contributed by atoms with van der Waals surface area (Å²) in [6.45, 7) is 2.29. The predicted octanol–water partition coefficient (Wildman–Crippen LogP) is 3.33. The highest BCUT2D eigenvalue weighted by molar-refractivity contribution is 6.30. The van der Waals surface area contributed by atoms with Gasteiger partial charge in [0.25, 0.3) is 5.91 Å². The number of amides is 1. The molecule has 3 nitrogen and oxygen atoms in total. The van der Waals surface area contributed by atoms with Crippen molar-refractivity contribution >= 4 is 17.5 Å². The third-order valence-corrected chi connectivity index (χ3v) is 2.96. The van der Waals surface area contributed by atoms with Crippen LogP contribution in [0.15, 0.2) is 42.5 Å². The van der Waals surface area contributed by atoms with Gasteiger partial charge in [0.15, 0.2) is 0 Å². The van der Waals surface area contributed by atoms with Crippen molar-refractivity contribution in [2.75, 3.05) is 0 Å². The van der Waals surface area contributed by atoms with Gasteiger partial charge in [-0.1, -0.05) is 29.8 Å². The Morgan fingerprint density at radius 2 is 1.89 bits per heavy atom. The Hall–Kier alpha value is -2.00. The largest absolute Gasteiger partial charge is 0.488 e. The molecule has 0 bridgehead atoms. The van der Waals surface area contributed by atoms with Gasteiger partial charge in [-0.15, -0.1) is 0 Å². The zero-order valence-corrected chi connectivity index (χ0v) is 11.3. The van der Waals surface area contributed by atoms with E-state index < -0.39 is 5.91 Å². The molecule has 0 unspecified atom stereocenters. The third kappa shape index (κ3) is 3.48. The summed E-state index contributed by atoms with van der Waals surface area (Å²) >= 11 is 5.81. The van der Waals surface area contributed by atoms with E-state index in [0.717, 1.165) is 11.1 Å². The summed E-state index contributed by atoms with van der Waals surface area (Å²) in [6, 6.07) is 12.7. The molecule has 0 heterocycles. The SMILES string of the molecule is Cc1ccc(C(N)=O)c(OCc2ccc(Cl)cc2)c1. The van der Waals surface area contributed by atoms with Crippen LogP contribution in [-0.2, 0) is 6.61 Å². The van der Waals surface area contributed by atoms with Crippen LogP contribution in [0.1, 0.15) is 21.5 Å². The second-order valence-corrected chi connectivity index (χ2v) is 4.72. The lowest BCUT2D eigenvalue weighted by Crippen LogP contribution is -2.13. The predicted molar refractivity (Wildman–Crippen MR) is 75.5 cm³/mol. The zero-order valence-electron chi connectivity index (χ0n) is 10.5. The number of aryl methyl sites for hydroxylation is 1. The first-order chi connectivity index (χ1) is 9.06. The van der Waals surface area contributed by atoms with Crippen molar-refractivity contribution in [1.29, 1.82) is 0 Å². The number of rotatable bonds is 4. The third-order valence-electron chi connectivity index (χ3n) is 2.71. The number of hydrogen-bond donors (Lipinski definition) is 1. The monoisotopic (exact) mass is 275 g/mol. The smallest absolute Gasteiger partial charge is 0.252 e. The number of primary amides is 1. The quantitative estimate of drug-likeness (QED) is 0.930. The standard InChI is InChI=1S/C15H14ClNO2/c1-10-2-7-13(15(17)18)14(8-10)19-9-11-3-5-12(16)6-4-11/h2-8H,9H2,1H3,(H2,17,18). The average Bonchev–Trinajstić information content (AvgIpc) is 2.38. The Bertz CT molecular complexity index is 594. The fourth-order valence-corrected chi connectivity index (χ4v) is 1.82. The molecule has 2 aromatic carbocycles. The maximum Gasteiger partial charge on any atom is 0.252 e. The van der Waals surface area contributed by atoms with Gasteiger partial charge in [0.05, 0.1) is 5.56 Å². The molecule has 2 N–H and O–H groups in total. The minimum absolute atomic E-state index is 0.362. The van der Waals surface area contributed by atoms with E-state index in [-0.39, 0.29) is 0 Å². The van der Waals surface area contributed by atoms with Gasteiger partial charge >= 0.3 is 0 Å². The molecule has 2 aromatic rings. The maximum absolute atomic E-state index is 11.3. The number of carbonyl (C=O) groups is 1. The number of carbonyl (C=O) groups excluding carboxylic acids is 1. The van der Waals surface area contributed by atoms with Crippen LogP contribution >= 0.6 is 11.6 Å². The molecule has 0 saturated heterocycles. The van der Waals surface area contributed by atoms with Crippen LogP contribution in [0.4, 0.5) is 0 Å². The highest BCUT2D eigenvalue weighted by atomic mass is 35.5. The van der Waals surface area contributed by atoms with Crippen molar-refractivity contribution < 1.29 is 9.53 Å². The van der Waals surface area contributed by atoms with Crippen molar-refractivity contribution in [3.63, 3.8) is 0 Å². The maximum atomic E-state index is 11.3. The van der Waals surface area contributed by atoms with Crippen molar-refractivity contribution in [3.8, 4) is 5.75 Å². The fourth-order valence-electron chi connectivity index (χ4n) is 1.69. The Kier molecular flexibility index (Phi) is 4.07. The van der Waals surface area contributed by atoms with E-state index in [1.807, 2.05) is 25.1 Å². The van der Waals surface area contributed by atoms with E-state index >= 15 is 0 Å². The molecule has 0 radical (unpaired) electrons. The summed E-state index contributed by atoms with van der Waals surface area (Å²) in [4.78, 5) is 11.3. The van der Waals surface area contributed by atoms with E-state index in [2.05, 4.69) is 0 Å². The summed E-state index contributed by atoms with van der Waals surface area (Å²) in [5.41, 5.74) is 7.69. The van der Waals surface area contributed by atoms with Crippen LogP contribution in [0.3, 0.4) is 0 Å². The van der Waals surface area contributed by atoms with Gasteiger partial charge in [-0.2, -0.15) is 0 Å². The van der Waals surface area contributed by atoms with Gasteiger partial charge in [0.2, 0.25) is 0 Å². The molecule has 0 aliphatic rings. The molecule has 0 aliphatic carbocycles. The zero-order chi connectivity index (χ0) is 13.8. The molecule has 1 amide bonds. The molecule has 0 saturated carbocycles. The molecule has 4 heteroatoms. The second kappa shape index (κ2) is 5.76. The molecule has 98 valence electrons. The topological polar surface area (TPSA) is 52.3 Å². The van der Waals surface area contributed by atoms with Crippen LogP contribution in [-0.4, -0.2) is 5.91 Å². The lowest BCUT2D eigenvalue weighted by molar-refractivity contribution is 0.0996. The molecular weight excluding hydrogens is 262 g/mol. The van der Waals surface area contributed by atoms with E-state index in [1.54, 1.807) is 24.3 Å². The minimum atomic E-state index is -0.494. The minimum Gasteiger partial charge on any atom is -0.488 e. The van der Waals surface area contributed by atoms with E-state index in [1.165, 1.54) is 0 Å². The van der Waals surface area contributed by atoms with Gasteiger partial charge in [-0.25, -0.2) is 0 Å². The highest BCUT2D eigenvalue weighted by Gasteiger charge is 2.09. The molecule has 19 heavy (non-hydrogen) atoms. The molecule has 0 atom stereocenters. The Balaban J connectivity index is 2.16. The van der Waals surface area contributed by atoms with Crippen LogP contribution < -0.4 is 10.5 Å². The van der Waals surface area contributed by atoms with Gasteiger partial charge < -0.3 is 10.5 Å². The number of nitrogens with two attached hydrogens (primary N) is 1. The van der Waals surface area contributed by atoms with Crippen LogP contribution in [0, 0.1) is 6.92 Å². The van der Waals surface area contributed by atoms with Crippen molar-refractivity contribution in [2.45, 2.75) is 13.5 Å². The molecule has 0 aliphatic heterocycles. The fraction of sp³-hybridized carbons (Fsp3) is 0.133. The Morgan fingerprint density at radius 1 is 1.21 bits per heavy atom. The van der Waals surface area contributed by atoms with Gasteiger partial charge in [0.1, 0.15) is 12.4 Å². The lowest BCUT2D eigenvalue weighted by atomic mass is 10.1. The van der Waals surface area contributed by atoms with Gasteiger partial charge in [0, 0.05) is 5.02 Å². The first kappa shape index (κ1) is 13.4. The number of ether oxygens (including phenoxy) is 1. The summed E-state index contributed by atoms with van der Waals surface area (Å²) in [6.07, 6.45) is 0. The summed E-state index contributed by atoms with van der Waals surface area (Å²) < 4.78 is 5.66. The Morgan fingerprint density at radius 3 is 2.53 bits per heavy atom. The first-order valence-electron chi connectivity index (χ1n) is 5.84. The van der Waals surface area contributed by atoms with Crippen LogP contribution in [0.25, 0.3) is 0 Å². The average molecular weight is 276 g/mol. The second-order valence-electron chi connectivity index (χ2n) is 4.28. The highest BCUT2D eigenvalue weighted by Crippen LogP contribution is 2.21. The lowest BCUT2D eigenvalue weighted by Gasteiger charge is -2.10. The van der Waals surface area contributed by atoms with Crippen molar-refractivity contribution in [1.82, 2.24) is 0 Å². The van der Waals surface area contributed by atoms with E-state index in [0.29, 0.717) is 22.9 Å². The van der Waals surface area contributed by atoms with Crippen molar-refractivity contribution in [3.05, 3.63) is 64.2 Å². The molecule has 0 spiro atoms. The van der Waals surface area contributed by atoms with Gasteiger partial charge in [-0.3, -0.25) is 4.79 Å². The summed E-state index contributed by atoms with van der Waals surface area (Å²) in [7, 11) is 0. The van der Waals surface area contributed by atoms with E-state index in [9.17, 15) is 4.79 Å². The van der Waals surface area contributed by atoms with Crippen molar-refractivity contribution in [2.24, 2.45) is 5.73 Å². The normalized spacial score (nSPS) is 10.2. The summed E-state index contributed by atoms with van der Waals surface area (Å²) in [5, 5.41) is 0.678. The van der Waals surface area contributed by atoms with Crippen LogP contribution in [0.5, 0.6) is 5.75 Å². The summed E-state index contributed by atoms with van der Waals surface area (Å²) in [5.74, 6) is 0.00792. The van der Waals surface area contributed by atoms with Crippen LogP contribution in [0.2, 0.25) is 5.02 Å². The number of hydrogen-bond acceptors (Lipinski definition) is 2. The molecule has 2 rings (SSSR count). The number of benzene rings is 2. The van der Waals surface area contributed by atoms with E-state index in [4.69, 9.17) is 22.1 Å². The number of halogens is 1. The molecule has 0 aromatic heterocycles.